The standard InChI is InChI=1S/C17H25N3O/c1-2-9-20-10-7-14(8-11-20)18-17(21)16-12-13-5-3-4-6-15(13)19-16/h3-6,14,16,19H,2,7-12H2,1H3,(H,18,21)/t16-/m0/s1. The Bertz CT molecular complexity index is 470. The van der Waals surface area contributed by atoms with Gasteiger partial charge < -0.3 is 15.5 Å². The molecule has 1 aromatic rings. The van der Waals surface area contributed by atoms with Crippen LogP contribution in [-0.4, -0.2) is 42.5 Å². The number of fused-ring (bicyclic) bond motifs is 1. The molecular formula is C17H25N3O. The van der Waals surface area contributed by atoms with Gasteiger partial charge in [-0.1, -0.05) is 25.1 Å². The van der Waals surface area contributed by atoms with E-state index in [0.29, 0.717) is 6.04 Å². The predicted octanol–water partition coefficient (Wildman–Crippen LogP) is 2.01. The molecule has 1 saturated heterocycles. The first-order valence-electron chi connectivity index (χ1n) is 8.13. The number of likely N-dealkylation sites (tertiary alicyclic amines) is 1. The van der Waals surface area contributed by atoms with Crippen molar-refractivity contribution in [2.45, 2.75) is 44.7 Å². The Morgan fingerprint density at radius 2 is 2.10 bits per heavy atom. The van der Waals surface area contributed by atoms with Crippen molar-refractivity contribution in [1.29, 1.82) is 0 Å². The highest BCUT2D eigenvalue weighted by Crippen LogP contribution is 2.25. The Balaban J connectivity index is 1.48. The quantitative estimate of drug-likeness (QED) is 0.890. The van der Waals surface area contributed by atoms with E-state index in [4.69, 9.17) is 0 Å². The van der Waals surface area contributed by atoms with Crippen molar-refractivity contribution < 1.29 is 4.79 Å². The maximum atomic E-state index is 12.4. The third-order valence-electron chi connectivity index (χ3n) is 4.56. The van der Waals surface area contributed by atoms with E-state index in [2.05, 4.69) is 28.5 Å². The molecule has 21 heavy (non-hydrogen) atoms. The zero-order valence-corrected chi connectivity index (χ0v) is 12.8. The highest BCUT2D eigenvalue weighted by molar-refractivity contribution is 5.87. The van der Waals surface area contributed by atoms with Crippen molar-refractivity contribution in [2.75, 3.05) is 25.0 Å². The lowest BCUT2D eigenvalue weighted by Crippen LogP contribution is -2.48. The molecule has 0 bridgehead atoms. The molecule has 0 aliphatic carbocycles. The van der Waals surface area contributed by atoms with Gasteiger partial charge in [-0.25, -0.2) is 0 Å². The number of carbonyl (C=O) groups is 1. The van der Waals surface area contributed by atoms with Gasteiger partial charge in [0.05, 0.1) is 0 Å². The van der Waals surface area contributed by atoms with Crippen LogP contribution in [0.3, 0.4) is 0 Å². The SMILES string of the molecule is CCCN1CCC(NC(=O)[C@@H]2Cc3ccccc3N2)CC1. The summed E-state index contributed by atoms with van der Waals surface area (Å²) in [5, 5.41) is 6.56. The Labute approximate surface area is 126 Å². The Kier molecular flexibility index (Phi) is 4.44. The minimum Gasteiger partial charge on any atom is -0.373 e. The summed E-state index contributed by atoms with van der Waals surface area (Å²) < 4.78 is 0. The molecule has 0 spiro atoms. The number of nitrogens with one attached hydrogen (secondary N) is 2. The van der Waals surface area contributed by atoms with Crippen LogP contribution < -0.4 is 10.6 Å². The van der Waals surface area contributed by atoms with Crippen molar-refractivity contribution in [3.63, 3.8) is 0 Å². The van der Waals surface area contributed by atoms with Crippen LogP contribution in [0.2, 0.25) is 0 Å². The number of hydrogen-bond acceptors (Lipinski definition) is 3. The van der Waals surface area contributed by atoms with Crippen LogP contribution in [0.4, 0.5) is 5.69 Å². The van der Waals surface area contributed by atoms with E-state index >= 15 is 0 Å². The maximum Gasteiger partial charge on any atom is 0.243 e. The average Bonchev–Trinajstić information content (AvgIpc) is 2.94. The molecule has 2 heterocycles. The van der Waals surface area contributed by atoms with Crippen LogP contribution in [0.1, 0.15) is 31.7 Å². The molecule has 3 rings (SSSR count). The number of para-hydroxylation sites is 1. The zero-order chi connectivity index (χ0) is 14.7. The van der Waals surface area contributed by atoms with Gasteiger partial charge in [0.15, 0.2) is 0 Å². The van der Waals surface area contributed by atoms with Crippen LogP contribution in [0.25, 0.3) is 0 Å². The van der Waals surface area contributed by atoms with Gasteiger partial charge in [0, 0.05) is 31.2 Å². The summed E-state index contributed by atoms with van der Waals surface area (Å²) in [6.45, 7) is 5.62. The van der Waals surface area contributed by atoms with Gasteiger partial charge in [-0.3, -0.25) is 4.79 Å². The van der Waals surface area contributed by atoms with E-state index in [1.54, 1.807) is 0 Å². The fraction of sp³-hybridized carbons (Fsp3) is 0.588. The van der Waals surface area contributed by atoms with E-state index < -0.39 is 0 Å². The van der Waals surface area contributed by atoms with Gasteiger partial charge in [0.25, 0.3) is 0 Å². The average molecular weight is 287 g/mol. The highest BCUT2D eigenvalue weighted by Gasteiger charge is 2.28. The summed E-state index contributed by atoms with van der Waals surface area (Å²) in [6, 6.07) is 8.43. The van der Waals surface area contributed by atoms with Crippen molar-refractivity contribution >= 4 is 11.6 Å². The fourth-order valence-electron chi connectivity index (χ4n) is 3.37. The number of benzene rings is 1. The van der Waals surface area contributed by atoms with E-state index in [1.807, 2.05) is 18.2 Å². The molecular weight excluding hydrogens is 262 g/mol. The fourth-order valence-corrected chi connectivity index (χ4v) is 3.37. The minimum absolute atomic E-state index is 0.101. The summed E-state index contributed by atoms with van der Waals surface area (Å²) in [5.41, 5.74) is 2.35. The first-order chi connectivity index (χ1) is 10.3. The number of carbonyl (C=O) groups excluding carboxylic acids is 1. The molecule has 1 fully saturated rings. The number of hydrogen-bond donors (Lipinski definition) is 2. The second kappa shape index (κ2) is 6.48. The molecule has 0 aromatic heterocycles. The van der Waals surface area contributed by atoms with Crippen molar-refractivity contribution in [1.82, 2.24) is 10.2 Å². The summed E-state index contributed by atoms with van der Waals surface area (Å²) >= 11 is 0. The number of piperidine rings is 1. The third kappa shape index (κ3) is 3.38. The van der Waals surface area contributed by atoms with Crippen LogP contribution in [0.15, 0.2) is 24.3 Å². The molecule has 0 unspecified atom stereocenters. The third-order valence-corrected chi connectivity index (χ3v) is 4.56. The summed E-state index contributed by atoms with van der Waals surface area (Å²) in [5.74, 6) is 0.153. The van der Waals surface area contributed by atoms with Gasteiger partial charge in [-0.2, -0.15) is 0 Å². The molecule has 0 radical (unpaired) electrons. The zero-order valence-electron chi connectivity index (χ0n) is 12.8. The van der Waals surface area contributed by atoms with Gasteiger partial charge in [-0.05, 0) is 37.4 Å². The van der Waals surface area contributed by atoms with Gasteiger partial charge in [-0.15, -0.1) is 0 Å². The topological polar surface area (TPSA) is 44.4 Å². The summed E-state index contributed by atoms with van der Waals surface area (Å²) in [4.78, 5) is 14.9. The monoisotopic (exact) mass is 287 g/mol. The smallest absolute Gasteiger partial charge is 0.243 e. The number of amides is 1. The lowest BCUT2D eigenvalue weighted by molar-refractivity contribution is -0.122. The summed E-state index contributed by atoms with van der Waals surface area (Å²) in [7, 11) is 0. The number of anilines is 1. The Hall–Kier alpha value is -1.55. The lowest BCUT2D eigenvalue weighted by Gasteiger charge is -2.32. The minimum atomic E-state index is -0.101. The van der Waals surface area contributed by atoms with Gasteiger partial charge in [0.2, 0.25) is 5.91 Å². The molecule has 2 aliphatic heterocycles. The highest BCUT2D eigenvalue weighted by atomic mass is 16.2. The molecule has 1 amide bonds. The molecule has 114 valence electrons. The number of rotatable bonds is 4. The first kappa shape index (κ1) is 14.4. The van der Waals surface area contributed by atoms with Gasteiger partial charge in [0.1, 0.15) is 6.04 Å². The van der Waals surface area contributed by atoms with Crippen molar-refractivity contribution in [3.05, 3.63) is 29.8 Å². The lowest BCUT2D eigenvalue weighted by atomic mass is 10.0. The van der Waals surface area contributed by atoms with Crippen LogP contribution in [-0.2, 0) is 11.2 Å². The molecule has 4 nitrogen and oxygen atoms in total. The van der Waals surface area contributed by atoms with Crippen molar-refractivity contribution in [2.24, 2.45) is 0 Å². The van der Waals surface area contributed by atoms with Gasteiger partial charge >= 0.3 is 0 Å². The second-order valence-electron chi connectivity index (χ2n) is 6.18. The van der Waals surface area contributed by atoms with Crippen LogP contribution in [0.5, 0.6) is 0 Å². The largest absolute Gasteiger partial charge is 0.373 e. The predicted molar refractivity (Wildman–Crippen MR) is 85.5 cm³/mol. The normalized spacial score (nSPS) is 22.6. The van der Waals surface area contributed by atoms with E-state index in [9.17, 15) is 4.79 Å². The van der Waals surface area contributed by atoms with Crippen LogP contribution in [0, 0.1) is 0 Å². The summed E-state index contributed by atoms with van der Waals surface area (Å²) in [6.07, 6.45) is 4.16. The van der Waals surface area contributed by atoms with Crippen LogP contribution >= 0.6 is 0 Å². The molecule has 0 saturated carbocycles. The van der Waals surface area contributed by atoms with Crippen molar-refractivity contribution in [3.8, 4) is 0 Å². The molecule has 2 aliphatic rings. The first-order valence-corrected chi connectivity index (χ1v) is 8.13. The molecule has 4 heteroatoms. The van der Waals surface area contributed by atoms with E-state index in [1.165, 1.54) is 18.5 Å². The Morgan fingerprint density at radius 1 is 1.33 bits per heavy atom. The van der Waals surface area contributed by atoms with E-state index in [-0.39, 0.29) is 11.9 Å². The second-order valence-corrected chi connectivity index (χ2v) is 6.18. The Morgan fingerprint density at radius 3 is 2.81 bits per heavy atom. The molecule has 2 N–H and O–H groups in total. The maximum absolute atomic E-state index is 12.4. The molecule has 1 aromatic carbocycles. The molecule has 1 atom stereocenters. The number of nitrogens with zero attached hydrogens (tertiary/aromatic N) is 1. The van der Waals surface area contributed by atoms with E-state index in [0.717, 1.165) is 38.0 Å².